The fourth-order valence-electron chi connectivity index (χ4n) is 7.90. The Balaban J connectivity index is 1.84. The predicted octanol–water partition coefficient (Wildman–Crippen LogP) is -5.20. The van der Waals surface area contributed by atoms with E-state index in [4.69, 9.17) is 39.2 Å². The van der Waals surface area contributed by atoms with E-state index in [0.29, 0.717) is 45.2 Å². The Bertz CT molecular complexity index is 1710. The molecule has 0 unspecified atom stereocenters. The third kappa shape index (κ3) is 17.0. The topological polar surface area (TPSA) is 435 Å². The van der Waals surface area contributed by atoms with E-state index in [1.165, 1.54) is 4.90 Å². The average Bonchev–Trinajstić information content (AvgIpc) is 4.05. The molecule has 0 aromatic rings. The van der Waals surface area contributed by atoms with E-state index in [0.717, 1.165) is 6.42 Å². The molecule has 3 rings (SSSR count). The number of carboxylic acids is 1. The van der Waals surface area contributed by atoms with Crippen molar-refractivity contribution in [2.75, 3.05) is 39.3 Å². The van der Waals surface area contributed by atoms with Gasteiger partial charge in [0.15, 0.2) is 17.9 Å². The molecule has 0 bridgehead atoms. The minimum atomic E-state index is -1.54. The lowest BCUT2D eigenvalue weighted by Crippen LogP contribution is -2.59. The van der Waals surface area contributed by atoms with Gasteiger partial charge in [-0.25, -0.2) is 4.79 Å². The highest BCUT2D eigenvalue weighted by Gasteiger charge is 2.44. The van der Waals surface area contributed by atoms with E-state index < -0.39 is 71.8 Å². The summed E-state index contributed by atoms with van der Waals surface area (Å²) in [7, 11) is 0. The average molecular weight is 906 g/mol. The van der Waals surface area contributed by atoms with Gasteiger partial charge < -0.3 is 80.4 Å². The molecule has 358 valence electrons. The minimum Gasteiger partial charge on any atom is -0.480 e. The van der Waals surface area contributed by atoms with Crippen molar-refractivity contribution < 1.29 is 43.5 Å². The van der Waals surface area contributed by atoms with Crippen molar-refractivity contribution in [1.82, 2.24) is 52.3 Å². The summed E-state index contributed by atoms with van der Waals surface area (Å²) in [4.78, 5) is 109. The molecule has 7 atom stereocenters. The minimum absolute atomic E-state index is 0.00585. The van der Waals surface area contributed by atoms with Crippen LogP contribution in [0.1, 0.15) is 89.9 Å². The van der Waals surface area contributed by atoms with Crippen LogP contribution in [0.15, 0.2) is 0 Å². The van der Waals surface area contributed by atoms with Crippen molar-refractivity contribution in [2.24, 2.45) is 22.9 Å². The molecule has 0 spiro atoms. The first-order chi connectivity index (χ1) is 30.4. The van der Waals surface area contributed by atoms with Gasteiger partial charge in [-0.15, -0.1) is 0 Å². The lowest BCUT2D eigenvalue weighted by Gasteiger charge is -2.32. The van der Waals surface area contributed by atoms with Crippen LogP contribution in [0.4, 0.5) is 0 Å². The number of nitrogens with two attached hydrogens (primary N) is 4. The number of hydrogen-bond donors (Lipinski definition) is 16. The Hall–Kier alpha value is -6.47. The summed E-state index contributed by atoms with van der Waals surface area (Å²) in [6.07, 6.45) is 3.12. The summed E-state index contributed by atoms with van der Waals surface area (Å²) >= 11 is 0. The monoisotopic (exact) mass is 906 g/mol. The number of rotatable bonds is 26. The molecule has 20 N–H and O–H groups in total. The van der Waals surface area contributed by atoms with Gasteiger partial charge in [0.2, 0.25) is 41.4 Å². The van der Waals surface area contributed by atoms with Gasteiger partial charge >= 0.3 is 5.97 Å². The van der Waals surface area contributed by atoms with Crippen LogP contribution in [0, 0.1) is 16.2 Å². The summed E-state index contributed by atoms with van der Waals surface area (Å²) in [5.41, 5.74) is 21.4. The van der Waals surface area contributed by atoms with Crippen LogP contribution in [0.3, 0.4) is 0 Å². The molecule has 0 aromatic carbocycles. The zero-order valence-corrected chi connectivity index (χ0v) is 36.1. The maximum absolute atomic E-state index is 14.2. The lowest BCUT2D eigenvalue weighted by molar-refractivity contribution is -0.147. The molecule has 0 saturated carbocycles. The highest BCUT2D eigenvalue weighted by molar-refractivity contribution is 5.97. The van der Waals surface area contributed by atoms with E-state index in [1.54, 1.807) is 4.90 Å². The molecule has 0 radical (unpaired) electrons. The van der Waals surface area contributed by atoms with Crippen molar-refractivity contribution in [3.8, 4) is 0 Å². The maximum atomic E-state index is 14.2. The highest BCUT2D eigenvalue weighted by Crippen LogP contribution is 2.26. The van der Waals surface area contributed by atoms with Gasteiger partial charge in [-0.2, -0.15) is 0 Å². The first-order valence-electron chi connectivity index (χ1n) is 21.7. The Morgan fingerprint density at radius 3 is 1.44 bits per heavy atom. The largest absolute Gasteiger partial charge is 0.480 e. The van der Waals surface area contributed by atoms with Crippen molar-refractivity contribution >= 4 is 65.2 Å². The number of primary amides is 1. The number of guanidine groups is 3. The van der Waals surface area contributed by atoms with E-state index in [2.05, 4.69) is 42.5 Å². The molecule has 3 saturated heterocycles. The van der Waals surface area contributed by atoms with Crippen LogP contribution >= 0.6 is 0 Å². The number of carboxylic acid groups (broad SMARTS) is 1. The molecule has 64 heavy (non-hydrogen) atoms. The molecule has 3 aliphatic heterocycles. The summed E-state index contributed by atoms with van der Waals surface area (Å²) in [5.74, 6) is -6.94. The first kappa shape index (κ1) is 51.9. The third-order valence-corrected chi connectivity index (χ3v) is 11.2. The number of aliphatic carboxylic acids is 1. The smallest absolute Gasteiger partial charge is 0.326 e. The second-order valence-corrected chi connectivity index (χ2v) is 16.1. The molecule has 0 aromatic heterocycles. The highest BCUT2D eigenvalue weighted by atomic mass is 16.4. The predicted molar refractivity (Wildman–Crippen MR) is 232 cm³/mol. The quantitative estimate of drug-likeness (QED) is 0.0219. The van der Waals surface area contributed by atoms with Gasteiger partial charge in [-0.1, -0.05) is 0 Å². The van der Waals surface area contributed by atoms with Gasteiger partial charge in [0.05, 0.1) is 6.04 Å². The van der Waals surface area contributed by atoms with E-state index in [9.17, 15) is 43.5 Å². The number of amides is 7. The van der Waals surface area contributed by atoms with Gasteiger partial charge in [-0.05, 0) is 90.0 Å². The fraction of sp³-hybridized carbons (Fsp3) is 0.711. The van der Waals surface area contributed by atoms with Gasteiger partial charge in [0.25, 0.3) is 0 Å². The molecule has 26 heteroatoms. The van der Waals surface area contributed by atoms with Crippen LogP contribution in [0.5, 0.6) is 0 Å². The summed E-state index contributed by atoms with van der Waals surface area (Å²) in [6.45, 7) is 1.78. The van der Waals surface area contributed by atoms with Crippen LogP contribution in [-0.2, 0) is 38.4 Å². The van der Waals surface area contributed by atoms with Gasteiger partial charge in [0, 0.05) is 39.1 Å². The molecule has 0 aliphatic carbocycles. The van der Waals surface area contributed by atoms with Crippen molar-refractivity contribution in [3.63, 3.8) is 0 Å². The number of nitrogens with one attached hydrogen (secondary N) is 11. The Morgan fingerprint density at radius 1 is 0.578 bits per heavy atom. The second kappa shape index (κ2) is 26.2. The zero-order chi connectivity index (χ0) is 47.3. The molecule has 26 nitrogen and oxygen atoms in total. The van der Waals surface area contributed by atoms with Crippen LogP contribution < -0.4 is 65.5 Å². The summed E-state index contributed by atoms with van der Waals surface area (Å²) in [6, 6.07) is -7.60. The van der Waals surface area contributed by atoms with Crippen LogP contribution in [0.2, 0.25) is 0 Å². The first-order valence-corrected chi connectivity index (χ1v) is 21.7. The normalized spacial score (nSPS) is 19.8. The maximum Gasteiger partial charge on any atom is 0.326 e. The number of hydrogen-bond acceptors (Lipinski definition) is 12. The molecule has 3 heterocycles. The fourth-order valence-corrected chi connectivity index (χ4v) is 7.90. The molecule has 3 fully saturated rings. The Labute approximate surface area is 371 Å². The third-order valence-electron chi connectivity index (χ3n) is 11.2. The Kier molecular flexibility index (Phi) is 21.3. The lowest BCUT2D eigenvalue weighted by atomic mass is 10.0. The second-order valence-electron chi connectivity index (χ2n) is 16.1. The van der Waals surface area contributed by atoms with Crippen molar-refractivity contribution in [1.29, 1.82) is 16.2 Å². The Morgan fingerprint density at radius 2 is 1.02 bits per heavy atom. The van der Waals surface area contributed by atoms with Crippen LogP contribution in [0.25, 0.3) is 0 Å². The van der Waals surface area contributed by atoms with Gasteiger partial charge in [0.1, 0.15) is 36.3 Å². The molecule has 3 aliphatic rings. The van der Waals surface area contributed by atoms with Crippen LogP contribution in [-0.4, -0.2) is 162 Å². The number of carbonyl (C=O) groups is 8. The molecular weight excluding hydrogens is 839 g/mol. The zero-order valence-electron chi connectivity index (χ0n) is 36.1. The van der Waals surface area contributed by atoms with Crippen molar-refractivity contribution in [2.45, 2.75) is 132 Å². The van der Waals surface area contributed by atoms with E-state index in [-0.39, 0.29) is 113 Å². The van der Waals surface area contributed by atoms with E-state index >= 15 is 0 Å². The number of nitrogens with zero attached hydrogens (tertiary/aromatic N) is 2. The SMILES string of the molecule is N=C(N)NCCC[C@@H](NC(=O)[C@H]1CCCN1C(=O)[C@H]1CCCN1C(=O)[C@@H]1CCCN1)C(=O)N[C@H](CCCNC(=N)N)C(=O)N[C@H](CCCNC(=N)N)C(=O)N[C@H](CCC(N)=O)C(=O)O. The standard InChI is InChI=1S/C38H67N17O9/c39-28(56)14-13-25(35(63)64)53-31(59)22(8-2-17-48-37(42)43)51-29(57)21(7-1-16-47-36(40)41)50-30(58)23(9-3-18-49-38(44)45)52-32(60)26-11-5-19-54(26)34(62)27-12-6-20-55(27)33(61)24-10-4-15-46-24/h21-27,46H,1-20H2,(H2,39,56)(H,50,58)(H,51,57)(H,52,60)(H,53,59)(H,63,64)(H4,40,41,47)(H4,42,43,48)(H4,44,45,49)/t21-,22-,23-,24+,25-,26-,27-/m1/s1. The summed E-state index contributed by atoms with van der Waals surface area (Å²) < 4.78 is 0. The summed E-state index contributed by atoms with van der Waals surface area (Å²) in [5, 5.41) is 53.4. The molecular formula is C38H67N17O9. The number of carbonyl (C=O) groups excluding carboxylic acids is 7. The number of likely N-dealkylation sites (tertiary alicyclic amines) is 2. The van der Waals surface area contributed by atoms with Crippen molar-refractivity contribution in [3.05, 3.63) is 0 Å². The van der Waals surface area contributed by atoms with Gasteiger partial charge in [-0.3, -0.25) is 49.8 Å². The van der Waals surface area contributed by atoms with E-state index in [1.807, 2.05) is 0 Å². The molecule has 7 amide bonds.